The minimum atomic E-state index is 0.152. The maximum Gasteiger partial charge on any atom is 0.227 e. The average Bonchev–Trinajstić information content (AvgIpc) is 3.30. The molecule has 0 unspecified atom stereocenters. The van der Waals surface area contributed by atoms with Gasteiger partial charge < -0.3 is 5.32 Å². The largest absolute Gasteiger partial charge is 0.326 e. The molecule has 2 aromatic carbocycles. The summed E-state index contributed by atoms with van der Waals surface area (Å²) in [6.45, 7) is 0. The Morgan fingerprint density at radius 2 is 1.91 bits per heavy atom. The topological polar surface area (TPSA) is 42.0 Å². The van der Waals surface area contributed by atoms with E-state index in [1.807, 2.05) is 30.3 Å². The summed E-state index contributed by atoms with van der Waals surface area (Å²) in [5.41, 5.74) is 3.16. The number of hydrogen-bond acceptors (Lipinski definition) is 3. The number of nitrogens with one attached hydrogen (secondary N) is 1. The minimum Gasteiger partial charge on any atom is -0.326 e. The van der Waals surface area contributed by atoms with Crippen molar-refractivity contribution in [3.63, 3.8) is 0 Å². The summed E-state index contributed by atoms with van der Waals surface area (Å²) in [5.74, 6) is 0.390. The molecular weight excluding hydrogens is 292 g/mol. The van der Waals surface area contributed by atoms with E-state index in [2.05, 4.69) is 28.5 Å². The number of aromatic nitrogens is 1. The predicted molar refractivity (Wildman–Crippen MR) is 90.2 cm³/mol. The number of fused-ring (bicyclic) bond motifs is 1. The van der Waals surface area contributed by atoms with Crippen LogP contribution in [0.3, 0.4) is 0 Å². The minimum absolute atomic E-state index is 0.152. The van der Waals surface area contributed by atoms with Gasteiger partial charge in [-0.1, -0.05) is 24.3 Å². The number of hydrogen-bond donors (Lipinski definition) is 1. The summed E-state index contributed by atoms with van der Waals surface area (Å²) in [6, 6.07) is 16.3. The number of carbonyl (C=O) groups excluding carboxylic acids is 1. The fourth-order valence-corrected chi connectivity index (χ4v) is 3.47. The fraction of sp³-hybridized carbons (Fsp3) is 0.222. The molecule has 3 nitrogen and oxygen atoms in total. The van der Waals surface area contributed by atoms with E-state index in [0.717, 1.165) is 35.5 Å². The molecule has 1 saturated carbocycles. The van der Waals surface area contributed by atoms with Gasteiger partial charge in [-0.25, -0.2) is 4.98 Å². The van der Waals surface area contributed by atoms with Gasteiger partial charge in [0.05, 0.1) is 15.2 Å². The van der Waals surface area contributed by atoms with E-state index in [4.69, 9.17) is 0 Å². The lowest BCUT2D eigenvalue weighted by Crippen LogP contribution is -2.13. The van der Waals surface area contributed by atoms with Crippen molar-refractivity contribution in [3.05, 3.63) is 59.1 Å². The molecule has 1 aliphatic rings. The molecule has 0 bridgehead atoms. The van der Waals surface area contributed by atoms with Crippen LogP contribution in [0.25, 0.3) is 10.2 Å². The first-order valence-electron chi connectivity index (χ1n) is 7.52. The lowest BCUT2D eigenvalue weighted by molar-refractivity contribution is -0.117. The highest BCUT2D eigenvalue weighted by Crippen LogP contribution is 2.30. The molecular formula is C18H16N2OS. The first-order chi connectivity index (χ1) is 10.8. The second-order valence-electron chi connectivity index (χ2n) is 5.71. The van der Waals surface area contributed by atoms with Crippen LogP contribution in [0.15, 0.2) is 48.5 Å². The summed E-state index contributed by atoms with van der Waals surface area (Å²) < 4.78 is 1.23. The molecule has 1 aliphatic carbocycles. The van der Waals surface area contributed by atoms with Crippen molar-refractivity contribution in [2.24, 2.45) is 5.92 Å². The molecule has 0 atom stereocenters. The molecule has 1 fully saturated rings. The Bertz CT molecular complexity index is 785. The van der Waals surface area contributed by atoms with Crippen LogP contribution in [-0.2, 0) is 11.2 Å². The van der Waals surface area contributed by atoms with Gasteiger partial charge in [0.2, 0.25) is 5.91 Å². The third-order valence-corrected chi connectivity index (χ3v) is 4.90. The molecule has 0 radical (unpaired) electrons. The zero-order valence-corrected chi connectivity index (χ0v) is 12.9. The van der Waals surface area contributed by atoms with Gasteiger partial charge in [0.1, 0.15) is 0 Å². The number of amides is 1. The number of nitrogens with zero attached hydrogens (tertiary/aromatic N) is 1. The highest BCUT2D eigenvalue weighted by molar-refractivity contribution is 7.18. The molecule has 1 N–H and O–H groups in total. The second-order valence-corrected chi connectivity index (χ2v) is 6.83. The van der Waals surface area contributed by atoms with E-state index in [0.29, 0.717) is 0 Å². The fourth-order valence-electron chi connectivity index (χ4n) is 2.47. The molecule has 22 heavy (non-hydrogen) atoms. The summed E-state index contributed by atoms with van der Waals surface area (Å²) >= 11 is 1.74. The Balaban J connectivity index is 1.47. The van der Waals surface area contributed by atoms with Crippen LogP contribution in [0, 0.1) is 5.92 Å². The van der Waals surface area contributed by atoms with Crippen LogP contribution in [0.2, 0.25) is 0 Å². The highest BCUT2D eigenvalue weighted by Gasteiger charge is 2.29. The van der Waals surface area contributed by atoms with Gasteiger partial charge >= 0.3 is 0 Å². The van der Waals surface area contributed by atoms with Gasteiger partial charge in [-0.05, 0) is 42.7 Å². The van der Waals surface area contributed by atoms with Crippen molar-refractivity contribution in [3.8, 4) is 0 Å². The standard InChI is InChI=1S/C18H16N2OS/c21-18(13-7-8-13)19-14-9-5-12(6-10-14)11-17-20-15-3-1-2-4-16(15)22-17/h1-6,9-10,13H,7-8,11H2,(H,19,21). The lowest BCUT2D eigenvalue weighted by Gasteiger charge is -2.05. The summed E-state index contributed by atoms with van der Waals surface area (Å²) in [5, 5.41) is 4.09. The van der Waals surface area contributed by atoms with Gasteiger partial charge in [-0.15, -0.1) is 11.3 Å². The van der Waals surface area contributed by atoms with Crippen molar-refractivity contribution < 1.29 is 4.79 Å². The normalized spacial score (nSPS) is 14.2. The van der Waals surface area contributed by atoms with E-state index in [9.17, 15) is 4.79 Å². The van der Waals surface area contributed by atoms with Crippen molar-refractivity contribution in [1.82, 2.24) is 4.98 Å². The van der Waals surface area contributed by atoms with Crippen molar-refractivity contribution in [2.75, 3.05) is 5.32 Å². The Kier molecular flexibility index (Phi) is 3.39. The molecule has 1 aromatic heterocycles. The Morgan fingerprint density at radius 1 is 1.14 bits per heavy atom. The zero-order chi connectivity index (χ0) is 14.9. The molecule has 0 aliphatic heterocycles. The summed E-state index contributed by atoms with van der Waals surface area (Å²) in [4.78, 5) is 16.4. The van der Waals surface area contributed by atoms with E-state index >= 15 is 0 Å². The summed E-state index contributed by atoms with van der Waals surface area (Å²) in [7, 11) is 0. The van der Waals surface area contributed by atoms with Crippen molar-refractivity contribution in [1.29, 1.82) is 0 Å². The smallest absolute Gasteiger partial charge is 0.227 e. The number of benzene rings is 2. The zero-order valence-electron chi connectivity index (χ0n) is 12.1. The molecule has 3 aromatic rings. The molecule has 4 rings (SSSR count). The maximum absolute atomic E-state index is 11.7. The van der Waals surface area contributed by atoms with Crippen LogP contribution in [0.5, 0.6) is 0 Å². The van der Waals surface area contributed by atoms with Crippen LogP contribution >= 0.6 is 11.3 Å². The van der Waals surface area contributed by atoms with E-state index < -0.39 is 0 Å². The Hall–Kier alpha value is -2.20. The van der Waals surface area contributed by atoms with Crippen molar-refractivity contribution in [2.45, 2.75) is 19.3 Å². The van der Waals surface area contributed by atoms with Gasteiger partial charge in [-0.3, -0.25) is 4.79 Å². The van der Waals surface area contributed by atoms with E-state index in [1.165, 1.54) is 10.3 Å². The van der Waals surface area contributed by atoms with Crippen LogP contribution in [0.4, 0.5) is 5.69 Å². The quantitative estimate of drug-likeness (QED) is 0.783. The van der Waals surface area contributed by atoms with Gasteiger partial charge in [0.15, 0.2) is 0 Å². The maximum atomic E-state index is 11.7. The average molecular weight is 308 g/mol. The van der Waals surface area contributed by atoms with Gasteiger partial charge in [0, 0.05) is 18.0 Å². The van der Waals surface area contributed by atoms with Crippen LogP contribution in [0.1, 0.15) is 23.4 Å². The number of thiazole rings is 1. The van der Waals surface area contributed by atoms with E-state index in [1.54, 1.807) is 11.3 Å². The molecule has 1 heterocycles. The molecule has 4 heteroatoms. The number of para-hydroxylation sites is 1. The Labute approximate surface area is 133 Å². The second kappa shape index (κ2) is 5.54. The predicted octanol–water partition coefficient (Wildman–Crippen LogP) is 4.24. The molecule has 0 saturated heterocycles. The summed E-state index contributed by atoms with van der Waals surface area (Å²) in [6.07, 6.45) is 2.89. The first kappa shape index (κ1) is 13.5. The monoisotopic (exact) mass is 308 g/mol. The van der Waals surface area contributed by atoms with E-state index in [-0.39, 0.29) is 11.8 Å². The highest BCUT2D eigenvalue weighted by atomic mass is 32.1. The van der Waals surface area contributed by atoms with Crippen molar-refractivity contribution >= 4 is 33.1 Å². The number of anilines is 1. The Morgan fingerprint density at radius 3 is 2.64 bits per heavy atom. The third kappa shape index (κ3) is 2.88. The molecule has 1 amide bonds. The third-order valence-electron chi connectivity index (χ3n) is 3.86. The number of carbonyl (C=O) groups is 1. The van der Waals surface area contributed by atoms with Crippen LogP contribution in [-0.4, -0.2) is 10.9 Å². The van der Waals surface area contributed by atoms with Gasteiger partial charge in [0.25, 0.3) is 0 Å². The molecule has 110 valence electrons. The first-order valence-corrected chi connectivity index (χ1v) is 8.34. The number of rotatable bonds is 4. The molecule has 0 spiro atoms. The van der Waals surface area contributed by atoms with Crippen LogP contribution < -0.4 is 5.32 Å². The van der Waals surface area contributed by atoms with Gasteiger partial charge in [-0.2, -0.15) is 0 Å². The SMILES string of the molecule is O=C(Nc1ccc(Cc2nc3ccccc3s2)cc1)C1CC1. The lowest BCUT2D eigenvalue weighted by atomic mass is 10.1.